The topological polar surface area (TPSA) is 83.8 Å². The van der Waals surface area contributed by atoms with E-state index >= 15 is 0 Å². The van der Waals surface area contributed by atoms with Gasteiger partial charge in [0, 0.05) is 5.56 Å². The van der Waals surface area contributed by atoms with Crippen LogP contribution in [0.25, 0.3) is 11.3 Å². The van der Waals surface area contributed by atoms with Gasteiger partial charge in [-0.3, -0.25) is 15.3 Å². The highest BCUT2D eigenvalue weighted by atomic mass is 16.2. The molecule has 0 atom stereocenters. The molecule has 5 nitrogen and oxygen atoms in total. The molecule has 0 aliphatic carbocycles. The van der Waals surface area contributed by atoms with Gasteiger partial charge < -0.3 is 0 Å². The number of hydrazine groups is 1. The van der Waals surface area contributed by atoms with Crippen LogP contribution in [0.5, 0.6) is 0 Å². The molecule has 1 amide bonds. The quantitative estimate of drug-likeness (QED) is 0.445. The molecule has 0 spiro atoms. The first-order valence-corrected chi connectivity index (χ1v) is 6.26. The van der Waals surface area contributed by atoms with Gasteiger partial charge in [0.05, 0.1) is 5.69 Å². The highest BCUT2D eigenvalue weighted by molar-refractivity contribution is 5.92. The highest BCUT2D eigenvalue weighted by Crippen LogP contribution is 2.19. The maximum atomic E-state index is 11.3. The van der Waals surface area contributed by atoms with Crippen LogP contribution < -0.4 is 11.3 Å². The fraction of sp³-hybridized carbons (Fsp3) is 0.286. The minimum absolute atomic E-state index is 0.351. The number of carbonyl (C=O) groups is 1. The van der Waals surface area contributed by atoms with E-state index in [9.17, 15) is 4.79 Å². The van der Waals surface area contributed by atoms with Crippen molar-refractivity contribution in [1.82, 2.24) is 15.6 Å². The zero-order chi connectivity index (χ0) is 13.8. The molecule has 5 heteroatoms. The lowest BCUT2D eigenvalue weighted by molar-refractivity contribution is 0.0948. The van der Waals surface area contributed by atoms with E-state index in [2.05, 4.69) is 41.6 Å². The number of nitrogens with one attached hydrogen (secondary N) is 2. The third-order valence-corrected chi connectivity index (χ3v) is 2.85. The molecule has 19 heavy (non-hydrogen) atoms. The van der Waals surface area contributed by atoms with Gasteiger partial charge in [-0.25, -0.2) is 5.84 Å². The Labute approximate surface area is 112 Å². The van der Waals surface area contributed by atoms with Crippen molar-refractivity contribution >= 4 is 5.91 Å². The molecule has 1 aromatic heterocycles. The number of carbonyl (C=O) groups excluding carboxylic acids is 1. The van der Waals surface area contributed by atoms with Crippen molar-refractivity contribution in [3.63, 3.8) is 0 Å². The summed E-state index contributed by atoms with van der Waals surface area (Å²) in [5.41, 5.74) is 5.42. The van der Waals surface area contributed by atoms with Crippen LogP contribution in [-0.4, -0.2) is 16.1 Å². The van der Waals surface area contributed by atoms with Crippen molar-refractivity contribution in [1.29, 1.82) is 0 Å². The van der Waals surface area contributed by atoms with Crippen LogP contribution in [0.15, 0.2) is 30.3 Å². The Balaban J connectivity index is 2.18. The van der Waals surface area contributed by atoms with Gasteiger partial charge in [-0.05, 0) is 24.0 Å². The average molecular weight is 258 g/mol. The Morgan fingerprint density at radius 2 is 2.05 bits per heavy atom. The number of benzene rings is 1. The number of nitrogens with zero attached hydrogens (tertiary/aromatic N) is 1. The van der Waals surface area contributed by atoms with Crippen molar-refractivity contribution in [2.75, 3.05) is 0 Å². The monoisotopic (exact) mass is 258 g/mol. The number of aromatic amines is 1. The van der Waals surface area contributed by atoms with Crippen molar-refractivity contribution in [2.24, 2.45) is 11.8 Å². The van der Waals surface area contributed by atoms with Crippen LogP contribution >= 0.6 is 0 Å². The summed E-state index contributed by atoms with van der Waals surface area (Å²) < 4.78 is 0. The van der Waals surface area contributed by atoms with Crippen molar-refractivity contribution in [2.45, 2.75) is 20.3 Å². The molecule has 0 unspecified atom stereocenters. The summed E-state index contributed by atoms with van der Waals surface area (Å²) in [6.45, 7) is 4.39. The van der Waals surface area contributed by atoms with Crippen LogP contribution in [0.3, 0.4) is 0 Å². The first kappa shape index (κ1) is 13.3. The molecular formula is C14H18N4O. The minimum atomic E-state index is -0.379. The zero-order valence-corrected chi connectivity index (χ0v) is 11.1. The summed E-state index contributed by atoms with van der Waals surface area (Å²) in [5, 5.41) is 6.76. The Bertz CT molecular complexity index is 557. The van der Waals surface area contributed by atoms with Crippen molar-refractivity contribution < 1.29 is 4.79 Å². The van der Waals surface area contributed by atoms with E-state index in [4.69, 9.17) is 5.84 Å². The van der Waals surface area contributed by atoms with E-state index < -0.39 is 0 Å². The van der Waals surface area contributed by atoms with Gasteiger partial charge in [0.25, 0.3) is 5.91 Å². The Hall–Kier alpha value is -2.14. The van der Waals surface area contributed by atoms with Gasteiger partial charge in [-0.15, -0.1) is 0 Å². The van der Waals surface area contributed by atoms with E-state index in [1.54, 1.807) is 6.07 Å². The van der Waals surface area contributed by atoms with Crippen LogP contribution in [0.4, 0.5) is 0 Å². The smallest absolute Gasteiger partial charge is 0.283 e. The second-order valence-electron chi connectivity index (χ2n) is 4.94. The first-order valence-electron chi connectivity index (χ1n) is 6.26. The van der Waals surface area contributed by atoms with Gasteiger partial charge in [0.2, 0.25) is 0 Å². The van der Waals surface area contributed by atoms with E-state index in [1.165, 1.54) is 5.56 Å². The van der Waals surface area contributed by atoms with Crippen LogP contribution in [0.1, 0.15) is 29.9 Å². The second kappa shape index (κ2) is 5.67. The number of amides is 1. The number of hydrogen-bond acceptors (Lipinski definition) is 3. The van der Waals surface area contributed by atoms with Crippen LogP contribution in [-0.2, 0) is 6.42 Å². The number of H-pyrrole nitrogens is 1. The molecule has 0 aliphatic heterocycles. The molecule has 0 fully saturated rings. The van der Waals surface area contributed by atoms with E-state index in [0.29, 0.717) is 11.6 Å². The molecule has 4 N–H and O–H groups in total. The summed E-state index contributed by atoms with van der Waals surface area (Å²) in [6, 6.07) is 9.88. The minimum Gasteiger partial charge on any atom is -0.289 e. The maximum Gasteiger partial charge on any atom is 0.283 e. The molecule has 0 radical (unpaired) electrons. The van der Waals surface area contributed by atoms with Crippen LogP contribution in [0, 0.1) is 5.92 Å². The molecule has 0 aliphatic rings. The molecule has 0 saturated carbocycles. The van der Waals surface area contributed by atoms with E-state index in [0.717, 1.165) is 17.7 Å². The normalized spacial score (nSPS) is 10.7. The summed E-state index contributed by atoms with van der Waals surface area (Å²) in [7, 11) is 0. The molecule has 1 aromatic carbocycles. The number of nitrogens with two attached hydrogens (primary N) is 1. The predicted molar refractivity (Wildman–Crippen MR) is 74.2 cm³/mol. The van der Waals surface area contributed by atoms with Gasteiger partial charge in [-0.2, -0.15) is 5.10 Å². The lowest BCUT2D eigenvalue weighted by Gasteiger charge is -2.05. The fourth-order valence-corrected chi connectivity index (χ4v) is 1.95. The Morgan fingerprint density at radius 3 is 2.63 bits per heavy atom. The lowest BCUT2D eigenvalue weighted by atomic mass is 10.0. The third-order valence-electron chi connectivity index (χ3n) is 2.85. The van der Waals surface area contributed by atoms with Gasteiger partial charge in [-0.1, -0.05) is 38.1 Å². The summed E-state index contributed by atoms with van der Waals surface area (Å²) in [4.78, 5) is 11.3. The van der Waals surface area contributed by atoms with E-state index in [1.807, 2.05) is 12.1 Å². The molecule has 0 bridgehead atoms. The third kappa shape index (κ3) is 3.20. The van der Waals surface area contributed by atoms with Crippen LogP contribution in [0.2, 0.25) is 0 Å². The van der Waals surface area contributed by atoms with E-state index in [-0.39, 0.29) is 5.91 Å². The van der Waals surface area contributed by atoms with Gasteiger partial charge >= 0.3 is 0 Å². The molecule has 0 saturated heterocycles. The number of rotatable bonds is 4. The van der Waals surface area contributed by atoms with Crippen molar-refractivity contribution in [3.05, 3.63) is 41.6 Å². The SMILES string of the molecule is CC(C)Cc1ccc(-c2cc(C(=O)NN)[nH]n2)cc1. The molecule has 100 valence electrons. The largest absolute Gasteiger partial charge is 0.289 e. The Kier molecular flexibility index (Phi) is 3.97. The molecule has 2 aromatic rings. The maximum absolute atomic E-state index is 11.3. The second-order valence-corrected chi connectivity index (χ2v) is 4.94. The van der Waals surface area contributed by atoms with Gasteiger partial charge in [0.1, 0.15) is 5.69 Å². The number of nitrogen functional groups attached to an aromatic ring is 1. The predicted octanol–water partition coefficient (Wildman–Crippen LogP) is 1.88. The standard InChI is InChI=1S/C14H18N4O/c1-9(2)7-10-3-5-11(6-4-10)12-8-13(18-17-12)14(19)16-15/h3-6,8-9H,7,15H2,1-2H3,(H,16,19)(H,17,18). The lowest BCUT2D eigenvalue weighted by Crippen LogP contribution is -2.30. The van der Waals surface area contributed by atoms with Crippen molar-refractivity contribution in [3.8, 4) is 11.3 Å². The molecular weight excluding hydrogens is 240 g/mol. The number of aromatic nitrogens is 2. The fourth-order valence-electron chi connectivity index (χ4n) is 1.95. The van der Waals surface area contributed by atoms with Gasteiger partial charge in [0.15, 0.2) is 0 Å². The first-order chi connectivity index (χ1) is 9.10. The number of hydrogen-bond donors (Lipinski definition) is 3. The molecule has 1 heterocycles. The highest BCUT2D eigenvalue weighted by Gasteiger charge is 2.09. The summed E-state index contributed by atoms with van der Waals surface area (Å²) in [5.74, 6) is 5.33. The zero-order valence-electron chi connectivity index (χ0n) is 11.1. The average Bonchev–Trinajstić information content (AvgIpc) is 2.87. The molecule has 2 rings (SSSR count). The summed E-state index contributed by atoms with van der Waals surface area (Å²) >= 11 is 0. The summed E-state index contributed by atoms with van der Waals surface area (Å²) in [6.07, 6.45) is 1.06. The Morgan fingerprint density at radius 1 is 1.37 bits per heavy atom.